The fourth-order valence-electron chi connectivity index (χ4n) is 3.03. The van der Waals surface area contributed by atoms with Crippen molar-refractivity contribution in [1.29, 1.82) is 0 Å². The number of aliphatic hydroxyl groups excluding tert-OH is 1. The summed E-state index contributed by atoms with van der Waals surface area (Å²) in [6.07, 6.45) is 1.17. The van der Waals surface area contributed by atoms with Gasteiger partial charge in [0, 0.05) is 42.4 Å². The predicted molar refractivity (Wildman–Crippen MR) is 96.0 cm³/mol. The number of benzene rings is 1. The Hall–Kier alpha value is -1.04. The fourth-order valence-corrected chi connectivity index (χ4v) is 3.68. The quantitative estimate of drug-likeness (QED) is 0.777. The van der Waals surface area contributed by atoms with Crippen LogP contribution in [-0.4, -0.2) is 65.9 Å². The minimum absolute atomic E-state index is 0.0895. The number of likely N-dealkylation sites (tertiary alicyclic amines) is 1. The van der Waals surface area contributed by atoms with Gasteiger partial charge in [0.05, 0.1) is 6.61 Å². The molecular weight excluding hydrogens is 308 g/mol. The molecule has 1 amide bonds. The SMILES string of the molecule is CC(C)N1CC[C@H](CN(C)C(=O)c2ccc(SCCO)cc2)C1. The molecule has 1 atom stereocenters. The number of thioether (sulfide) groups is 1. The Bertz CT molecular complexity index is 504. The Morgan fingerprint density at radius 1 is 1.39 bits per heavy atom. The second-order valence-corrected chi connectivity index (χ2v) is 7.69. The van der Waals surface area contributed by atoms with E-state index in [1.165, 1.54) is 6.42 Å². The Morgan fingerprint density at radius 2 is 2.09 bits per heavy atom. The molecule has 1 aromatic rings. The minimum Gasteiger partial charge on any atom is -0.396 e. The van der Waals surface area contributed by atoms with Crippen molar-refractivity contribution in [3.63, 3.8) is 0 Å². The first-order chi connectivity index (χ1) is 11.0. The van der Waals surface area contributed by atoms with E-state index in [9.17, 15) is 4.79 Å². The van der Waals surface area contributed by atoms with Crippen LogP contribution in [0.1, 0.15) is 30.6 Å². The maximum absolute atomic E-state index is 12.5. The largest absolute Gasteiger partial charge is 0.396 e. The van der Waals surface area contributed by atoms with Gasteiger partial charge in [-0.15, -0.1) is 11.8 Å². The number of carbonyl (C=O) groups excluding carboxylic acids is 1. The van der Waals surface area contributed by atoms with Gasteiger partial charge in [-0.2, -0.15) is 0 Å². The van der Waals surface area contributed by atoms with Crippen molar-refractivity contribution in [2.45, 2.75) is 31.2 Å². The summed E-state index contributed by atoms with van der Waals surface area (Å²) in [6.45, 7) is 7.68. The standard InChI is InChI=1S/C18H28N2O2S/c1-14(2)20-9-8-15(13-20)12-19(3)18(22)16-4-6-17(7-5-16)23-11-10-21/h4-7,14-15,21H,8-13H2,1-3H3/t15-/m1/s1. The first kappa shape index (κ1) is 18.3. The van der Waals surface area contributed by atoms with Gasteiger partial charge in [-0.25, -0.2) is 0 Å². The highest BCUT2D eigenvalue weighted by molar-refractivity contribution is 7.99. The molecule has 1 fully saturated rings. The van der Waals surface area contributed by atoms with Gasteiger partial charge in [0.2, 0.25) is 0 Å². The summed E-state index contributed by atoms with van der Waals surface area (Å²) >= 11 is 1.60. The number of hydrogen-bond acceptors (Lipinski definition) is 4. The van der Waals surface area contributed by atoms with Crippen molar-refractivity contribution in [3.8, 4) is 0 Å². The molecule has 1 aromatic carbocycles. The van der Waals surface area contributed by atoms with Crippen LogP contribution in [0.2, 0.25) is 0 Å². The van der Waals surface area contributed by atoms with Crippen LogP contribution in [0.4, 0.5) is 0 Å². The molecule has 0 bridgehead atoms. The lowest BCUT2D eigenvalue weighted by molar-refractivity contribution is 0.0772. The Morgan fingerprint density at radius 3 is 2.65 bits per heavy atom. The highest BCUT2D eigenvalue weighted by Crippen LogP contribution is 2.21. The summed E-state index contributed by atoms with van der Waals surface area (Å²) < 4.78 is 0. The van der Waals surface area contributed by atoms with Crippen molar-refractivity contribution in [1.82, 2.24) is 9.80 Å². The molecule has 1 aliphatic rings. The molecule has 1 N–H and O–H groups in total. The molecule has 4 nitrogen and oxygen atoms in total. The van der Waals surface area contributed by atoms with E-state index in [0.717, 1.165) is 30.1 Å². The van der Waals surface area contributed by atoms with E-state index >= 15 is 0 Å². The summed E-state index contributed by atoms with van der Waals surface area (Å²) in [5.41, 5.74) is 0.736. The average molecular weight is 337 g/mol. The molecule has 0 unspecified atom stereocenters. The summed E-state index contributed by atoms with van der Waals surface area (Å²) in [4.78, 5) is 18.0. The van der Waals surface area contributed by atoms with Crippen LogP contribution in [0.15, 0.2) is 29.2 Å². The molecule has 0 saturated carbocycles. The lowest BCUT2D eigenvalue weighted by Crippen LogP contribution is -2.34. The predicted octanol–water partition coefficient (Wildman–Crippen LogP) is 2.57. The van der Waals surface area contributed by atoms with E-state index in [1.54, 1.807) is 11.8 Å². The van der Waals surface area contributed by atoms with E-state index in [1.807, 2.05) is 36.2 Å². The van der Waals surface area contributed by atoms with E-state index in [4.69, 9.17) is 5.11 Å². The third kappa shape index (κ3) is 5.23. The zero-order chi connectivity index (χ0) is 16.8. The van der Waals surface area contributed by atoms with Crippen LogP contribution >= 0.6 is 11.8 Å². The van der Waals surface area contributed by atoms with Gasteiger partial charge in [0.15, 0.2) is 0 Å². The third-order valence-electron chi connectivity index (χ3n) is 4.39. The lowest BCUT2D eigenvalue weighted by Gasteiger charge is -2.23. The third-order valence-corrected chi connectivity index (χ3v) is 5.38. The lowest BCUT2D eigenvalue weighted by atomic mass is 10.1. The summed E-state index contributed by atoms with van der Waals surface area (Å²) in [7, 11) is 1.90. The van der Waals surface area contributed by atoms with Crippen LogP contribution in [0.3, 0.4) is 0 Å². The molecule has 2 rings (SSSR count). The van der Waals surface area contributed by atoms with Crippen LogP contribution in [-0.2, 0) is 0 Å². The average Bonchev–Trinajstić information content (AvgIpc) is 3.01. The van der Waals surface area contributed by atoms with E-state index < -0.39 is 0 Å². The molecule has 0 aliphatic carbocycles. The van der Waals surface area contributed by atoms with Gasteiger partial charge in [-0.3, -0.25) is 4.79 Å². The molecule has 5 heteroatoms. The second kappa shape index (κ2) is 8.71. The molecule has 0 aromatic heterocycles. The highest BCUT2D eigenvalue weighted by atomic mass is 32.2. The molecular formula is C18H28N2O2S. The zero-order valence-electron chi connectivity index (χ0n) is 14.4. The van der Waals surface area contributed by atoms with Crippen molar-refractivity contribution in [3.05, 3.63) is 29.8 Å². The second-order valence-electron chi connectivity index (χ2n) is 6.53. The number of hydrogen-bond donors (Lipinski definition) is 1. The first-order valence-electron chi connectivity index (χ1n) is 8.34. The van der Waals surface area contributed by atoms with E-state index in [0.29, 0.717) is 17.7 Å². The van der Waals surface area contributed by atoms with Crippen molar-refractivity contribution in [2.24, 2.45) is 5.92 Å². The molecule has 128 valence electrons. The fraction of sp³-hybridized carbons (Fsp3) is 0.611. The molecule has 0 radical (unpaired) electrons. The number of rotatable bonds is 7. The minimum atomic E-state index is 0.0895. The topological polar surface area (TPSA) is 43.8 Å². The summed E-state index contributed by atoms with van der Waals surface area (Å²) in [5, 5.41) is 8.85. The van der Waals surface area contributed by atoms with Crippen LogP contribution < -0.4 is 0 Å². The van der Waals surface area contributed by atoms with Gasteiger partial charge < -0.3 is 14.9 Å². The molecule has 1 aliphatic heterocycles. The maximum Gasteiger partial charge on any atom is 0.253 e. The van der Waals surface area contributed by atoms with Crippen molar-refractivity contribution < 1.29 is 9.90 Å². The van der Waals surface area contributed by atoms with E-state index in [-0.39, 0.29) is 12.5 Å². The smallest absolute Gasteiger partial charge is 0.253 e. The molecule has 23 heavy (non-hydrogen) atoms. The monoisotopic (exact) mass is 336 g/mol. The first-order valence-corrected chi connectivity index (χ1v) is 9.33. The Kier molecular flexibility index (Phi) is 6.93. The van der Waals surface area contributed by atoms with Crippen molar-refractivity contribution in [2.75, 3.05) is 39.0 Å². The van der Waals surface area contributed by atoms with Crippen LogP contribution in [0, 0.1) is 5.92 Å². The number of amides is 1. The summed E-state index contributed by atoms with van der Waals surface area (Å²) in [6, 6.07) is 8.26. The zero-order valence-corrected chi connectivity index (χ0v) is 15.2. The number of carbonyl (C=O) groups is 1. The van der Waals surface area contributed by atoms with E-state index in [2.05, 4.69) is 18.7 Å². The summed E-state index contributed by atoms with van der Waals surface area (Å²) in [5.74, 6) is 1.35. The van der Waals surface area contributed by atoms with Gasteiger partial charge in [-0.05, 0) is 57.0 Å². The molecule has 1 saturated heterocycles. The molecule has 0 spiro atoms. The highest BCUT2D eigenvalue weighted by Gasteiger charge is 2.26. The van der Waals surface area contributed by atoms with Crippen molar-refractivity contribution >= 4 is 17.7 Å². The van der Waals surface area contributed by atoms with Gasteiger partial charge in [0.25, 0.3) is 5.91 Å². The van der Waals surface area contributed by atoms with Crippen LogP contribution in [0.5, 0.6) is 0 Å². The van der Waals surface area contributed by atoms with Gasteiger partial charge in [-0.1, -0.05) is 0 Å². The normalized spacial score (nSPS) is 18.6. The number of aliphatic hydroxyl groups is 1. The Balaban J connectivity index is 1.87. The Labute approximate surface area is 143 Å². The number of nitrogens with zero attached hydrogens (tertiary/aromatic N) is 2. The maximum atomic E-state index is 12.5. The van der Waals surface area contributed by atoms with Crippen LogP contribution in [0.25, 0.3) is 0 Å². The van der Waals surface area contributed by atoms with Gasteiger partial charge in [0.1, 0.15) is 0 Å². The van der Waals surface area contributed by atoms with Gasteiger partial charge >= 0.3 is 0 Å². The molecule has 1 heterocycles.